The van der Waals surface area contributed by atoms with Crippen molar-refractivity contribution in [3.63, 3.8) is 0 Å². The monoisotopic (exact) mass is 490 g/mol. The van der Waals surface area contributed by atoms with Crippen LogP contribution in [0.3, 0.4) is 0 Å². The van der Waals surface area contributed by atoms with Gasteiger partial charge >= 0.3 is 5.97 Å². The fourth-order valence-electron chi connectivity index (χ4n) is 4.00. The molecule has 0 spiro atoms. The molecule has 2 aromatic carbocycles. The number of fused-ring (bicyclic) bond motifs is 3. The van der Waals surface area contributed by atoms with Gasteiger partial charge < -0.3 is 19.8 Å². The molecular formula is C25H26N6O5. The molecule has 4 N–H and O–H groups in total. The number of aromatic nitrogens is 2. The van der Waals surface area contributed by atoms with E-state index in [0.717, 1.165) is 5.69 Å². The number of hydrogen-bond acceptors (Lipinski definition) is 8. The molecule has 4 rings (SSSR count). The zero-order chi connectivity index (χ0) is 25.8. The second kappa shape index (κ2) is 10.4. The highest BCUT2D eigenvalue weighted by molar-refractivity contribution is 6.06. The summed E-state index contributed by atoms with van der Waals surface area (Å²) in [5.41, 5.74) is 3.09. The van der Waals surface area contributed by atoms with Gasteiger partial charge in [-0.15, -0.1) is 0 Å². The van der Waals surface area contributed by atoms with Gasteiger partial charge in [0.2, 0.25) is 5.90 Å². The Balaban J connectivity index is 1.61. The Hall–Kier alpha value is -4.51. The number of ether oxygens (including phenoxy) is 1. The molecule has 1 aliphatic heterocycles. The highest BCUT2D eigenvalue weighted by Gasteiger charge is 2.28. The average Bonchev–Trinajstić information content (AvgIpc) is 3.19. The summed E-state index contributed by atoms with van der Waals surface area (Å²) < 4.78 is 6.90. The molecule has 11 nitrogen and oxygen atoms in total. The van der Waals surface area contributed by atoms with Crippen LogP contribution in [0.25, 0.3) is 5.69 Å². The Labute approximate surface area is 207 Å². The lowest BCUT2D eigenvalue weighted by molar-refractivity contribution is -0.143. The maximum atomic E-state index is 13.5. The van der Waals surface area contributed by atoms with Gasteiger partial charge in [-0.05, 0) is 56.3 Å². The minimum Gasteiger partial charge on any atom is -0.466 e. The third-order valence-electron chi connectivity index (χ3n) is 5.77. The van der Waals surface area contributed by atoms with Crippen molar-refractivity contribution in [3.05, 3.63) is 76.9 Å². The lowest BCUT2D eigenvalue weighted by Crippen LogP contribution is -2.32. The Morgan fingerprint density at radius 1 is 1.17 bits per heavy atom. The van der Waals surface area contributed by atoms with Gasteiger partial charge in [-0.3, -0.25) is 24.4 Å². The molecule has 186 valence electrons. The summed E-state index contributed by atoms with van der Waals surface area (Å²) in [6.45, 7) is 4.31. The van der Waals surface area contributed by atoms with Crippen molar-refractivity contribution in [2.45, 2.75) is 26.8 Å². The van der Waals surface area contributed by atoms with E-state index in [1.807, 2.05) is 11.5 Å². The third kappa shape index (κ3) is 4.96. The van der Waals surface area contributed by atoms with Gasteiger partial charge in [0.15, 0.2) is 0 Å². The predicted molar refractivity (Wildman–Crippen MR) is 131 cm³/mol. The molecule has 1 aliphatic rings. The number of imidazole rings is 1. The number of hydrogen-bond donors (Lipinski definition) is 3. The van der Waals surface area contributed by atoms with E-state index >= 15 is 0 Å². The van der Waals surface area contributed by atoms with Crippen LogP contribution in [0, 0.1) is 12.3 Å². The van der Waals surface area contributed by atoms with Crippen molar-refractivity contribution >= 4 is 29.4 Å². The third-order valence-corrected chi connectivity index (χ3v) is 5.77. The molecule has 2 amide bonds. The van der Waals surface area contributed by atoms with E-state index in [1.165, 1.54) is 0 Å². The quantitative estimate of drug-likeness (QED) is 0.199. The smallest absolute Gasteiger partial charge is 0.307 e. The van der Waals surface area contributed by atoms with Gasteiger partial charge in [0, 0.05) is 35.2 Å². The van der Waals surface area contributed by atoms with Crippen LogP contribution in [-0.4, -0.2) is 51.3 Å². The molecule has 0 atom stereocenters. The number of nitrogens with two attached hydrogens (primary N) is 1. The summed E-state index contributed by atoms with van der Waals surface area (Å²) in [4.78, 5) is 48.6. The number of carbonyl (C=O) groups excluding carboxylic acids is 3. The van der Waals surface area contributed by atoms with E-state index in [4.69, 9.17) is 16.0 Å². The number of carbonyl (C=O) groups is 3. The van der Waals surface area contributed by atoms with Gasteiger partial charge in [-0.25, -0.2) is 4.98 Å². The zero-order valence-corrected chi connectivity index (χ0v) is 19.9. The Morgan fingerprint density at radius 3 is 2.58 bits per heavy atom. The number of nitrogens with one attached hydrogen (secondary N) is 2. The van der Waals surface area contributed by atoms with E-state index in [0.29, 0.717) is 33.9 Å². The second-order valence-electron chi connectivity index (χ2n) is 8.14. The molecule has 0 fully saturated rings. The number of rotatable bonds is 7. The first kappa shape index (κ1) is 24.6. The number of anilines is 1. The maximum absolute atomic E-state index is 13.5. The van der Waals surface area contributed by atoms with Crippen molar-refractivity contribution in [1.82, 2.24) is 14.5 Å². The van der Waals surface area contributed by atoms with E-state index < -0.39 is 0 Å². The summed E-state index contributed by atoms with van der Waals surface area (Å²) in [5.74, 6) is 4.42. The van der Waals surface area contributed by atoms with Crippen molar-refractivity contribution in [2.24, 2.45) is 5.90 Å². The average molecular weight is 491 g/mol. The van der Waals surface area contributed by atoms with Crippen LogP contribution < -0.4 is 11.2 Å². The fraction of sp³-hybridized carbons (Fsp3) is 0.240. The van der Waals surface area contributed by atoms with Crippen LogP contribution in [-0.2, 0) is 20.9 Å². The van der Waals surface area contributed by atoms with E-state index in [-0.39, 0.29) is 49.8 Å². The normalized spacial score (nSPS) is 12.3. The zero-order valence-electron chi connectivity index (χ0n) is 19.9. The van der Waals surface area contributed by atoms with Gasteiger partial charge in [-0.2, -0.15) is 5.90 Å². The highest BCUT2D eigenvalue weighted by Crippen LogP contribution is 2.28. The van der Waals surface area contributed by atoms with Crippen molar-refractivity contribution in [3.8, 4) is 5.69 Å². The molecule has 0 bridgehead atoms. The summed E-state index contributed by atoms with van der Waals surface area (Å²) in [6.07, 6.45) is 1.79. The highest BCUT2D eigenvalue weighted by atomic mass is 16.6. The maximum Gasteiger partial charge on any atom is 0.307 e. The first-order valence-electron chi connectivity index (χ1n) is 11.3. The Bertz CT molecular complexity index is 1330. The fourth-order valence-corrected chi connectivity index (χ4v) is 4.00. The molecule has 0 unspecified atom stereocenters. The van der Waals surface area contributed by atoms with Crippen LogP contribution in [0.1, 0.15) is 51.1 Å². The van der Waals surface area contributed by atoms with E-state index in [2.05, 4.69) is 15.1 Å². The summed E-state index contributed by atoms with van der Waals surface area (Å²) in [7, 11) is 0. The molecular weight excluding hydrogens is 464 g/mol. The van der Waals surface area contributed by atoms with E-state index in [9.17, 15) is 14.4 Å². The topological polar surface area (TPSA) is 153 Å². The number of benzene rings is 2. The minimum atomic E-state index is -0.388. The molecule has 2 heterocycles. The molecule has 0 saturated carbocycles. The lowest BCUT2D eigenvalue weighted by Gasteiger charge is -2.20. The van der Waals surface area contributed by atoms with Crippen molar-refractivity contribution < 1.29 is 24.0 Å². The molecule has 36 heavy (non-hydrogen) atoms. The molecule has 11 heteroatoms. The molecule has 3 aromatic rings. The van der Waals surface area contributed by atoms with Crippen LogP contribution >= 0.6 is 0 Å². The van der Waals surface area contributed by atoms with Crippen LogP contribution in [0.2, 0.25) is 0 Å². The van der Waals surface area contributed by atoms with E-state index in [1.54, 1.807) is 60.5 Å². The molecule has 0 radical (unpaired) electrons. The minimum absolute atomic E-state index is 0.0632. The number of esters is 1. The standard InChI is InChI=1S/C25H26N6O5/c1-3-35-22(32)10-11-30-14-21-28-13-15(2)31(21)20-9-8-18(12-19(20)25(30)34)29-24(33)17-6-4-16(5-7-17)23(26)36-27/h4-9,12-13,26H,3,10-11,14,27H2,1-2H3,(H,29,33). The number of amides is 2. The first-order chi connectivity index (χ1) is 17.3. The van der Waals surface area contributed by atoms with Gasteiger partial charge in [0.1, 0.15) is 5.82 Å². The van der Waals surface area contributed by atoms with Gasteiger partial charge in [0.05, 0.1) is 30.8 Å². The number of nitrogens with zero attached hydrogens (tertiary/aromatic N) is 3. The van der Waals surface area contributed by atoms with Gasteiger partial charge in [-0.1, -0.05) is 0 Å². The summed E-state index contributed by atoms with van der Waals surface area (Å²) in [6, 6.07) is 11.3. The number of aryl methyl sites for hydroxylation is 1. The SMILES string of the molecule is CCOC(=O)CCN1Cc2ncc(C)n2-c2ccc(NC(=O)c3ccc(C(=N)ON)cc3)cc2C1=O. The first-order valence-corrected chi connectivity index (χ1v) is 11.3. The van der Waals surface area contributed by atoms with Crippen LogP contribution in [0.4, 0.5) is 5.69 Å². The Morgan fingerprint density at radius 2 is 1.89 bits per heavy atom. The van der Waals surface area contributed by atoms with Crippen molar-refractivity contribution in [1.29, 1.82) is 5.41 Å². The molecule has 0 aliphatic carbocycles. The lowest BCUT2D eigenvalue weighted by atomic mass is 10.1. The predicted octanol–water partition coefficient (Wildman–Crippen LogP) is 2.56. The van der Waals surface area contributed by atoms with Crippen LogP contribution in [0.15, 0.2) is 48.7 Å². The summed E-state index contributed by atoms with van der Waals surface area (Å²) in [5, 5.41) is 10.4. The Kier molecular flexibility index (Phi) is 7.11. The second-order valence-corrected chi connectivity index (χ2v) is 8.14. The molecule has 0 saturated heterocycles. The van der Waals surface area contributed by atoms with Crippen molar-refractivity contribution in [2.75, 3.05) is 18.5 Å². The van der Waals surface area contributed by atoms with Gasteiger partial charge in [0.25, 0.3) is 11.8 Å². The molecule has 1 aromatic heterocycles. The van der Waals surface area contributed by atoms with Crippen LogP contribution in [0.5, 0.6) is 0 Å². The largest absolute Gasteiger partial charge is 0.466 e. The summed E-state index contributed by atoms with van der Waals surface area (Å²) >= 11 is 0.